The largest absolute Gasteiger partial charge is 0.454 e. The van der Waals surface area contributed by atoms with E-state index < -0.39 is 5.97 Å². The number of Topliss-reactive ketones (excluding diaryl/α,β-unsaturated/α-hetero) is 1. The Morgan fingerprint density at radius 1 is 1.00 bits per heavy atom. The van der Waals surface area contributed by atoms with Crippen LogP contribution in [0.15, 0.2) is 60.7 Å². The highest BCUT2D eigenvalue weighted by atomic mass is 16.5. The smallest absolute Gasteiger partial charge is 0.338 e. The van der Waals surface area contributed by atoms with Gasteiger partial charge in [0.15, 0.2) is 6.61 Å². The number of nitrogens with zero attached hydrogens (tertiary/aromatic N) is 1. The minimum Gasteiger partial charge on any atom is -0.454 e. The summed E-state index contributed by atoms with van der Waals surface area (Å²) < 4.78 is 7.36. The Kier molecular flexibility index (Phi) is 6.70. The fraction of sp³-hybridized carbons (Fsp3) is 0.240. The predicted octanol–water partition coefficient (Wildman–Crippen LogP) is 4.71. The number of nitrogens with one attached hydrogen (secondary N) is 1. The molecule has 3 aromatic rings. The summed E-state index contributed by atoms with van der Waals surface area (Å²) in [6, 6.07) is 18.4. The lowest BCUT2D eigenvalue weighted by Gasteiger charge is -2.19. The molecule has 31 heavy (non-hydrogen) atoms. The molecule has 0 saturated carbocycles. The summed E-state index contributed by atoms with van der Waals surface area (Å²) >= 11 is 0. The minimum atomic E-state index is -0.619. The van der Waals surface area contributed by atoms with Crippen LogP contribution >= 0.6 is 0 Å². The molecule has 2 aromatic carbocycles. The molecule has 0 fully saturated rings. The molecular weight excluding hydrogens is 392 g/mol. The topological polar surface area (TPSA) is 77.4 Å². The third-order valence-electron chi connectivity index (χ3n) is 5.21. The second-order valence-electron chi connectivity index (χ2n) is 7.50. The normalized spacial score (nSPS) is 11.6. The van der Waals surface area contributed by atoms with E-state index in [0.29, 0.717) is 11.3 Å². The highest BCUT2D eigenvalue weighted by molar-refractivity contribution is 6.00. The molecule has 1 aromatic heterocycles. The first-order valence-electron chi connectivity index (χ1n) is 10.1. The Morgan fingerprint density at radius 2 is 1.71 bits per heavy atom. The fourth-order valence-corrected chi connectivity index (χ4v) is 3.76. The van der Waals surface area contributed by atoms with Crippen molar-refractivity contribution in [2.24, 2.45) is 0 Å². The fourth-order valence-electron chi connectivity index (χ4n) is 3.76. The average molecular weight is 418 g/mol. The number of rotatable bonds is 7. The van der Waals surface area contributed by atoms with Gasteiger partial charge in [-0.25, -0.2) is 4.79 Å². The Balaban J connectivity index is 1.71. The molecule has 0 unspecified atom stereocenters. The maximum Gasteiger partial charge on any atom is 0.338 e. The Bertz CT molecular complexity index is 1120. The van der Waals surface area contributed by atoms with Crippen molar-refractivity contribution < 1.29 is 19.1 Å². The van der Waals surface area contributed by atoms with Crippen molar-refractivity contribution in [3.05, 3.63) is 88.7 Å². The van der Waals surface area contributed by atoms with Crippen LogP contribution in [0.25, 0.3) is 0 Å². The highest BCUT2D eigenvalue weighted by Gasteiger charge is 2.21. The molecule has 0 spiro atoms. The Hall–Kier alpha value is -3.67. The summed E-state index contributed by atoms with van der Waals surface area (Å²) in [4.78, 5) is 36.4. The van der Waals surface area contributed by atoms with Crippen molar-refractivity contribution in [2.75, 3.05) is 11.9 Å². The van der Waals surface area contributed by atoms with E-state index in [1.54, 1.807) is 18.2 Å². The lowest BCUT2D eigenvalue weighted by atomic mass is 10.1. The van der Waals surface area contributed by atoms with Gasteiger partial charge in [-0.3, -0.25) is 9.59 Å². The standard InChI is InChI=1S/C25H26N2O4/c1-16-13-23(18(3)27(16)17(2)20-9-6-5-7-10-20)24(29)15-31-25(30)21-11-8-12-22(14-21)26-19(4)28/h5-14,17H,15H2,1-4H3,(H,26,28)/t17-/m1/s1. The van der Waals surface area contributed by atoms with Gasteiger partial charge in [0.25, 0.3) is 0 Å². The molecule has 1 atom stereocenters. The van der Waals surface area contributed by atoms with Gasteiger partial charge < -0.3 is 14.6 Å². The zero-order valence-corrected chi connectivity index (χ0v) is 18.1. The minimum absolute atomic E-state index is 0.0711. The SMILES string of the molecule is CC(=O)Nc1cccc(C(=O)OCC(=O)c2cc(C)n([C@H](C)c3ccccc3)c2C)c1. The summed E-state index contributed by atoms with van der Waals surface area (Å²) in [5.41, 5.74) is 4.25. The van der Waals surface area contributed by atoms with E-state index in [2.05, 4.69) is 28.9 Å². The third-order valence-corrected chi connectivity index (χ3v) is 5.21. The van der Waals surface area contributed by atoms with Crippen LogP contribution in [-0.4, -0.2) is 28.8 Å². The van der Waals surface area contributed by atoms with Gasteiger partial charge in [-0.15, -0.1) is 0 Å². The molecule has 0 aliphatic heterocycles. The quantitative estimate of drug-likeness (QED) is 0.445. The number of carbonyl (C=O) groups excluding carboxylic acids is 3. The molecule has 6 heteroatoms. The number of benzene rings is 2. The number of hydrogen-bond donors (Lipinski definition) is 1. The molecule has 6 nitrogen and oxygen atoms in total. The number of anilines is 1. The summed E-state index contributed by atoms with van der Waals surface area (Å²) in [5.74, 6) is -1.11. The monoisotopic (exact) mass is 418 g/mol. The summed E-state index contributed by atoms with van der Waals surface area (Å²) in [7, 11) is 0. The van der Waals surface area contributed by atoms with Gasteiger partial charge in [0, 0.05) is 29.6 Å². The van der Waals surface area contributed by atoms with E-state index in [9.17, 15) is 14.4 Å². The number of esters is 1. The number of hydrogen-bond acceptors (Lipinski definition) is 4. The highest BCUT2D eigenvalue weighted by Crippen LogP contribution is 2.26. The lowest BCUT2D eigenvalue weighted by molar-refractivity contribution is -0.114. The first-order valence-corrected chi connectivity index (χ1v) is 10.1. The average Bonchev–Trinajstić information content (AvgIpc) is 3.05. The van der Waals surface area contributed by atoms with Gasteiger partial charge in [-0.2, -0.15) is 0 Å². The van der Waals surface area contributed by atoms with Crippen LogP contribution in [0, 0.1) is 13.8 Å². The van der Waals surface area contributed by atoms with Crippen LogP contribution in [0.4, 0.5) is 5.69 Å². The zero-order chi connectivity index (χ0) is 22.5. The predicted molar refractivity (Wildman–Crippen MR) is 120 cm³/mol. The number of carbonyl (C=O) groups is 3. The van der Waals surface area contributed by atoms with E-state index >= 15 is 0 Å². The first kappa shape index (κ1) is 22.0. The van der Waals surface area contributed by atoms with E-state index in [-0.39, 0.29) is 29.9 Å². The second kappa shape index (κ2) is 9.43. The van der Waals surface area contributed by atoms with Crippen LogP contribution in [0.5, 0.6) is 0 Å². The van der Waals surface area contributed by atoms with Crippen molar-refractivity contribution >= 4 is 23.3 Å². The van der Waals surface area contributed by atoms with Gasteiger partial charge in [-0.05, 0) is 50.6 Å². The van der Waals surface area contributed by atoms with Crippen molar-refractivity contribution in [3.63, 3.8) is 0 Å². The maximum absolute atomic E-state index is 12.8. The molecule has 160 valence electrons. The molecule has 0 aliphatic rings. The summed E-state index contributed by atoms with van der Waals surface area (Å²) in [5, 5.41) is 2.61. The van der Waals surface area contributed by atoms with E-state index in [4.69, 9.17) is 4.74 Å². The van der Waals surface area contributed by atoms with E-state index in [1.807, 2.05) is 38.1 Å². The van der Waals surface area contributed by atoms with Crippen molar-refractivity contribution in [2.45, 2.75) is 33.7 Å². The number of ketones is 1. The lowest BCUT2D eigenvalue weighted by Crippen LogP contribution is -2.16. The van der Waals surface area contributed by atoms with Crippen molar-refractivity contribution in [3.8, 4) is 0 Å². The molecule has 0 bridgehead atoms. The molecule has 1 N–H and O–H groups in total. The maximum atomic E-state index is 12.8. The van der Waals surface area contributed by atoms with Crippen LogP contribution in [0.2, 0.25) is 0 Å². The Morgan fingerprint density at radius 3 is 2.39 bits per heavy atom. The Labute approximate surface area is 181 Å². The van der Waals surface area contributed by atoms with Gasteiger partial charge in [0.2, 0.25) is 11.7 Å². The molecule has 0 saturated heterocycles. The van der Waals surface area contributed by atoms with Crippen molar-refractivity contribution in [1.82, 2.24) is 4.57 Å². The molecule has 1 amide bonds. The molecular formula is C25H26N2O4. The van der Waals surface area contributed by atoms with Crippen LogP contribution in [0.3, 0.4) is 0 Å². The summed E-state index contributed by atoms with van der Waals surface area (Å²) in [6.07, 6.45) is 0. The van der Waals surface area contributed by atoms with Crippen molar-refractivity contribution in [1.29, 1.82) is 0 Å². The van der Waals surface area contributed by atoms with E-state index in [1.165, 1.54) is 13.0 Å². The molecule has 3 rings (SSSR count). The van der Waals surface area contributed by atoms with E-state index in [0.717, 1.165) is 17.0 Å². The van der Waals surface area contributed by atoms with Gasteiger partial charge in [0.05, 0.1) is 11.6 Å². The number of amides is 1. The van der Waals surface area contributed by atoms with Gasteiger partial charge >= 0.3 is 5.97 Å². The second-order valence-corrected chi connectivity index (χ2v) is 7.50. The molecule has 1 heterocycles. The number of aromatic nitrogens is 1. The first-order chi connectivity index (χ1) is 14.8. The molecule has 0 radical (unpaired) electrons. The zero-order valence-electron chi connectivity index (χ0n) is 18.1. The van der Waals surface area contributed by atoms with Gasteiger partial charge in [0.1, 0.15) is 0 Å². The van der Waals surface area contributed by atoms with Crippen LogP contribution in [-0.2, 0) is 9.53 Å². The third kappa shape index (κ3) is 5.09. The van der Waals surface area contributed by atoms with Crippen LogP contribution in [0.1, 0.15) is 57.6 Å². The van der Waals surface area contributed by atoms with Gasteiger partial charge in [-0.1, -0.05) is 36.4 Å². The van der Waals surface area contributed by atoms with Crippen LogP contribution < -0.4 is 5.32 Å². The number of ether oxygens (including phenoxy) is 1. The molecule has 0 aliphatic carbocycles. The summed E-state index contributed by atoms with van der Waals surface area (Å²) in [6.45, 7) is 6.98. The number of aryl methyl sites for hydroxylation is 1.